The lowest BCUT2D eigenvalue weighted by molar-refractivity contribution is 0.262. The molecule has 0 amide bonds. The molecule has 2 aromatic rings. The van der Waals surface area contributed by atoms with Crippen LogP contribution in [-0.2, 0) is 0 Å². The zero-order chi connectivity index (χ0) is 13.0. The van der Waals surface area contributed by atoms with Crippen LogP contribution >= 0.6 is 11.6 Å². The van der Waals surface area contributed by atoms with E-state index in [1.54, 1.807) is 36.4 Å². The lowest BCUT2D eigenvalue weighted by Crippen LogP contribution is -2.19. The summed E-state index contributed by atoms with van der Waals surface area (Å²) in [6.07, 6.45) is 0. The van der Waals surface area contributed by atoms with Gasteiger partial charge in [-0.05, 0) is 35.9 Å². The Balaban J connectivity index is 2.02. The first-order valence-electron chi connectivity index (χ1n) is 5.57. The van der Waals surface area contributed by atoms with Gasteiger partial charge in [-0.1, -0.05) is 12.1 Å². The molecule has 3 N–H and O–H groups in total. The van der Waals surface area contributed by atoms with Crippen LogP contribution in [0.1, 0.15) is 11.7 Å². The number of hydrogen-bond acceptors (Lipinski definition) is 4. The van der Waals surface area contributed by atoms with Crippen LogP contribution in [0.3, 0.4) is 0 Å². The number of rotatable bonds is 5. The smallest absolute Gasteiger partial charge is 0.193 e. The first kappa shape index (κ1) is 12.8. The van der Waals surface area contributed by atoms with Crippen LogP contribution in [0.4, 0.5) is 0 Å². The summed E-state index contributed by atoms with van der Waals surface area (Å²) >= 11 is 5.72. The van der Waals surface area contributed by atoms with Gasteiger partial charge in [0.15, 0.2) is 16.7 Å². The van der Waals surface area contributed by atoms with Crippen LogP contribution in [0.15, 0.2) is 40.8 Å². The number of nitrogens with two attached hydrogens (primary N) is 1. The topological polar surface area (TPSA) is 68.6 Å². The van der Waals surface area contributed by atoms with Crippen molar-refractivity contribution in [3.05, 3.63) is 47.4 Å². The van der Waals surface area contributed by atoms with Crippen LogP contribution in [0.2, 0.25) is 5.22 Å². The summed E-state index contributed by atoms with van der Waals surface area (Å²) in [5.41, 5.74) is 5.67. The van der Waals surface area contributed by atoms with Crippen LogP contribution in [-0.4, -0.2) is 18.3 Å². The minimum Gasteiger partial charge on any atom is -0.504 e. The van der Waals surface area contributed by atoms with Crippen molar-refractivity contribution in [2.75, 3.05) is 13.2 Å². The summed E-state index contributed by atoms with van der Waals surface area (Å²) in [7, 11) is 0. The van der Waals surface area contributed by atoms with E-state index < -0.39 is 0 Å². The quantitative estimate of drug-likeness (QED) is 0.874. The molecule has 0 aliphatic carbocycles. The Bertz CT molecular complexity index is 512. The Labute approximate surface area is 110 Å². The maximum Gasteiger partial charge on any atom is 0.193 e. The Kier molecular flexibility index (Phi) is 4.12. The summed E-state index contributed by atoms with van der Waals surface area (Å²) in [5, 5.41) is 9.90. The van der Waals surface area contributed by atoms with Gasteiger partial charge in [-0.25, -0.2) is 0 Å². The van der Waals surface area contributed by atoms with E-state index in [0.717, 1.165) is 0 Å². The van der Waals surface area contributed by atoms with Crippen LogP contribution in [0.5, 0.6) is 11.5 Å². The van der Waals surface area contributed by atoms with Crippen molar-refractivity contribution >= 4 is 11.6 Å². The standard InChI is InChI=1S/C13H14ClNO3/c14-13-6-5-11(18-13)9(7-15)8-17-12-4-2-1-3-10(12)16/h1-6,9,16H,7-8,15H2. The van der Waals surface area contributed by atoms with E-state index in [4.69, 9.17) is 26.5 Å². The molecule has 4 nitrogen and oxygen atoms in total. The number of benzene rings is 1. The van der Waals surface area contributed by atoms with Crippen molar-refractivity contribution in [3.8, 4) is 11.5 Å². The molecule has 0 aliphatic rings. The summed E-state index contributed by atoms with van der Waals surface area (Å²) in [6.45, 7) is 0.690. The molecule has 1 unspecified atom stereocenters. The third kappa shape index (κ3) is 2.97. The van der Waals surface area contributed by atoms with Crippen molar-refractivity contribution in [2.24, 2.45) is 5.73 Å². The zero-order valence-corrected chi connectivity index (χ0v) is 10.4. The Hall–Kier alpha value is -1.65. The SMILES string of the molecule is NCC(COc1ccccc1O)c1ccc(Cl)o1. The van der Waals surface area contributed by atoms with Crippen molar-refractivity contribution in [2.45, 2.75) is 5.92 Å². The number of aromatic hydroxyl groups is 1. The zero-order valence-electron chi connectivity index (χ0n) is 9.67. The molecule has 1 heterocycles. The number of phenols is 1. The largest absolute Gasteiger partial charge is 0.504 e. The number of para-hydroxylation sites is 2. The first-order valence-corrected chi connectivity index (χ1v) is 5.94. The fourth-order valence-electron chi connectivity index (χ4n) is 1.58. The molecule has 0 aliphatic heterocycles. The molecule has 0 radical (unpaired) electrons. The van der Waals surface area contributed by atoms with E-state index in [2.05, 4.69) is 0 Å². The fourth-order valence-corrected chi connectivity index (χ4v) is 1.74. The van der Waals surface area contributed by atoms with E-state index >= 15 is 0 Å². The lowest BCUT2D eigenvalue weighted by atomic mass is 10.1. The van der Waals surface area contributed by atoms with Gasteiger partial charge in [-0.15, -0.1) is 0 Å². The summed E-state index contributed by atoms with van der Waals surface area (Å²) < 4.78 is 10.8. The number of phenolic OH excluding ortho intramolecular Hbond substituents is 1. The number of hydrogen-bond donors (Lipinski definition) is 2. The Morgan fingerprint density at radius 2 is 2.06 bits per heavy atom. The Morgan fingerprint density at radius 3 is 2.67 bits per heavy atom. The average Bonchev–Trinajstić information content (AvgIpc) is 2.79. The van der Waals surface area contributed by atoms with Crippen molar-refractivity contribution in [1.29, 1.82) is 0 Å². The monoisotopic (exact) mass is 267 g/mol. The van der Waals surface area contributed by atoms with Gasteiger partial charge in [0.2, 0.25) is 0 Å². The fraction of sp³-hybridized carbons (Fsp3) is 0.231. The average molecular weight is 268 g/mol. The highest BCUT2D eigenvalue weighted by Gasteiger charge is 2.15. The highest BCUT2D eigenvalue weighted by molar-refractivity contribution is 6.28. The number of furan rings is 1. The van der Waals surface area contributed by atoms with Gasteiger partial charge in [-0.3, -0.25) is 0 Å². The van der Waals surface area contributed by atoms with E-state index in [1.807, 2.05) is 0 Å². The van der Waals surface area contributed by atoms with E-state index in [1.165, 1.54) is 0 Å². The van der Waals surface area contributed by atoms with Gasteiger partial charge in [-0.2, -0.15) is 0 Å². The van der Waals surface area contributed by atoms with Gasteiger partial charge in [0.25, 0.3) is 0 Å². The maximum atomic E-state index is 9.57. The van der Waals surface area contributed by atoms with Gasteiger partial charge < -0.3 is 20.0 Å². The lowest BCUT2D eigenvalue weighted by Gasteiger charge is -2.14. The van der Waals surface area contributed by atoms with E-state index in [-0.39, 0.29) is 11.7 Å². The minimum atomic E-state index is -0.0999. The highest BCUT2D eigenvalue weighted by Crippen LogP contribution is 2.27. The predicted molar refractivity (Wildman–Crippen MR) is 69.1 cm³/mol. The van der Waals surface area contributed by atoms with Crippen LogP contribution in [0, 0.1) is 0 Å². The highest BCUT2D eigenvalue weighted by atomic mass is 35.5. The summed E-state index contributed by atoms with van der Waals surface area (Å²) in [4.78, 5) is 0. The molecule has 0 spiro atoms. The molecule has 1 atom stereocenters. The van der Waals surface area contributed by atoms with Crippen molar-refractivity contribution in [3.63, 3.8) is 0 Å². The molecule has 0 saturated heterocycles. The van der Waals surface area contributed by atoms with Crippen molar-refractivity contribution < 1.29 is 14.3 Å². The van der Waals surface area contributed by atoms with Gasteiger partial charge in [0, 0.05) is 6.54 Å². The molecule has 0 saturated carbocycles. The second kappa shape index (κ2) is 5.80. The first-order chi connectivity index (χ1) is 8.70. The Morgan fingerprint density at radius 1 is 1.28 bits per heavy atom. The maximum absolute atomic E-state index is 9.57. The van der Waals surface area contributed by atoms with Crippen molar-refractivity contribution in [1.82, 2.24) is 0 Å². The molecule has 96 valence electrons. The summed E-state index contributed by atoms with van der Waals surface area (Å²) in [5.74, 6) is 1.11. The van der Waals surface area contributed by atoms with Crippen LogP contribution in [0.25, 0.3) is 0 Å². The molecule has 5 heteroatoms. The molecule has 1 aromatic carbocycles. The van der Waals surface area contributed by atoms with Gasteiger partial charge >= 0.3 is 0 Å². The molecular weight excluding hydrogens is 254 g/mol. The predicted octanol–water partition coefficient (Wildman–Crippen LogP) is 2.76. The molecule has 18 heavy (non-hydrogen) atoms. The minimum absolute atomic E-state index is 0.0999. The molecule has 1 aromatic heterocycles. The number of ether oxygens (including phenoxy) is 1. The number of halogens is 1. The molecule has 0 fully saturated rings. The van der Waals surface area contributed by atoms with E-state index in [0.29, 0.717) is 29.9 Å². The van der Waals surface area contributed by atoms with Gasteiger partial charge in [0.1, 0.15) is 5.76 Å². The third-order valence-electron chi connectivity index (χ3n) is 2.59. The molecule has 2 rings (SSSR count). The molecular formula is C13H14ClNO3. The second-order valence-corrected chi connectivity index (χ2v) is 4.23. The molecule has 0 bridgehead atoms. The third-order valence-corrected chi connectivity index (χ3v) is 2.79. The van der Waals surface area contributed by atoms with E-state index in [9.17, 15) is 5.11 Å². The normalized spacial score (nSPS) is 12.3. The second-order valence-electron chi connectivity index (χ2n) is 3.85. The summed E-state index contributed by atoms with van der Waals surface area (Å²) in [6, 6.07) is 10.2. The van der Waals surface area contributed by atoms with Crippen LogP contribution < -0.4 is 10.5 Å². The van der Waals surface area contributed by atoms with Gasteiger partial charge in [0.05, 0.1) is 12.5 Å².